The van der Waals surface area contributed by atoms with Crippen LogP contribution < -0.4 is 9.44 Å². The number of rotatable bonds is 6. The molecule has 1 fully saturated rings. The molecule has 0 atom stereocenters. The van der Waals surface area contributed by atoms with E-state index in [2.05, 4.69) is 5.32 Å². The number of hydrogen-bond donors (Lipinski definition) is 3. The lowest BCUT2D eigenvalue weighted by molar-refractivity contribution is 0.380. The Morgan fingerprint density at radius 2 is 1.75 bits per heavy atom. The average molecular weight is 270 g/mol. The summed E-state index contributed by atoms with van der Waals surface area (Å²) < 4.78 is 44.3. The van der Waals surface area contributed by atoms with Crippen LogP contribution in [0.4, 0.5) is 0 Å². The van der Waals surface area contributed by atoms with Crippen molar-refractivity contribution in [2.24, 2.45) is 0 Å². The molecule has 16 heavy (non-hydrogen) atoms. The minimum Gasteiger partial charge on any atom is -0.313 e. The highest BCUT2D eigenvalue weighted by molar-refractivity contribution is 7.98. The van der Waals surface area contributed by atoms with Crippen LogP contribution in [0.1, 0.15) is 32.1 Å². The van der Waals surface area contributed by atoms with Gasteiger partial charge in [0, 0.05) is 12.6 Å². The Morgan fingerprint density at radius 1 is 1.12 bits per heavy atom. The zero-order valence-corrected chi connectivity index (χ0v) is 10.7. The molecule has 0 radical (unpaired) electrons. The maximum absolute atomic E-state index is 11.1. The second-order valence-corrected chi connectivity index (χ2v) is 6.84. The van der Waals surface area contributed by atoms with Gasteiger partial charge in [0.25, 0.3) is 0 Å². The monoisotopic (exact) mass is 270 g/mol. The predicted octanol–water partition coefficient (Wildman–Crippen LogP) is -0.645. The van der Waals surface area contributed by atoms with Gasteiger partial charge in [-0.2, -0.15) is 0 Å². The molecule has 0 heterocycles. The second-order valence-electron chi connectivity index (χ2n) is 3.96. The average Bonchev–Trinajstić information content (AvgIpc) is 2.16. The van der Waals surface area contributed by atoms with E-state index in [1.165, 1.54) is 19.3 Å². The molecular formula is C8H18N2O4S2. The zero-order chi connectivity index (χ0) is 12.0. The number of hydrogen-bond acceptors (Lipinski definition) is 5. The molecule has 6 nitrogen and oxygen atoms in total. The summed E-state index contributed by atoms with van der Waals surface area (Å²) in [6.45, 7) is 0.295. The van der Waals surface area contributed by atoms with E-state index in [0.717, 1.165) is 12.8 Å². The molecule has 0 unspecified atom stereocenters. The fourth-order valence-corrected chi connectivity index (χ4v) is 3.52. The number of nitrogens with one attached hydrogen (secondary N) is 2. The molecule has 2 N–H and O–H groups in total. The Balaban J connectivity index is 2.23. The van der Waals surface area contributed by atoms with E-state index in [1.54, 1.807) is 4.13 Å². The van der Waals surface area contributed by atoms with Crippen LogP contribution in [-0.2, 0) is 20.9 Å². The lowest BCUT2D eigenvalue weighted by atomic mass is 9.96. The quantitative estimate of drug-likeness (QED) is 0.558. The van der Waals surface area contributed by atoms with E-state index in [9.17, 15) is 16.8 Å². The summed E-state index contributed by atoms with van der Waals surface area (Å²) in [7, 11) is -6.78. The molecule has 0 bridgehead atoms. The molecule has 1 rings (SSSR count). The third kappa shape index (κ3) is 5.78. The highest BCUT2D eigenvalue weighted by atomic mass is 32.3. The highest BCUT2D eigenvalue weighted by Crippen LogP contribution is 2.16. The second kappa shape index (κ2) is 6.53. The summed E-state index contributed by atoms with van der Waals surface area (Å²) in [5.41, 5.74) is 0. The van der Waals surface area contributed by atoms with Crippen molar-refractivity contribution in [3.05, 3.63) is 0 Å². The van der Waals surface area contributed by atoms with Gasteiger partial charge in [-0.1, -0.05) is 19.3 Å². The van der Waals surface area contributed by atoms with Crippen molar-refractivity contribution in [3.63, 3.8) is 0 Å². The summed E-state index contributed by atoms with van der Waals surface area (Å²) in [6, 6.07) is 0.380. The molecule has 1 saturated carbocycles. The van der Waals surface area contributed by atoms with Crippen molar-refractivity contribution < 1.29 is 16.8 Å². The SMILES string of the molecule is O=[SH](=O)NS(=O)(=O)CCNC1CCCCC1. The zero-order valence-electron chi connectivity index (χ0n) is 9.02. The maximum Gasteiger partial charge on any atom is 0.225 e. The van der Waals surface area contributed by atoms with Crippen LogP contribution in [0.5, 0.6) is 0 Å². The largest absolute Gasteiger partial charge is 0.313 e. The van der Waals surface area contributed by atoms with E-state index in [1.807, 2.05) is 0 Å². The fraction of sp³-hybridized carbons (Fsp3) is 1.00. The minimum absolute atomic E-state index is 0.202. The van der Waals surface area contributed by atoms with Gasteiger partial charge in [-0.3, -0.25) is 0 Å². The summed E-state index contributed by atoms with van der Waals surface area (Å²) >= 11 is 0. The molecule has 96 valence electrons. The van der Waals surface area contributed by atoms with E-state index in [0.29, 0.717) is 12.6 Å². The third-order valence-electron chi connectivity index (χ3n) is 2.62. The normalized spacial score (nSPS) is 19.1. The van der Waals surface area contributed by atoms with Gasteiger partial charge in [0.1, 0.15) is 0 Å². The molecule has 0 aliphatic heterocycles. The molecule has 8 heteroatoms. The Bertz CT molecular complexity index is 363. The van der Waals surface area contributed by atoms with Crippen LogP contribution in [0.2, 0.25) is 0 Å². The third-order valence-corrected chi connectivity index (χ3v) is 5.07. The molecule has 0 amide bonds. The Morgan fingerprint density at radius 3 is 2.31 bits per heavy atom. The molecule has 1 aliphatic carbocycles. The van der Waals surface area contributed by atoms with Gasteiger partial charge in [-0.25, -0.2) is 16.8 Å². The van der Waals surface area contributed by atoms with Crippen molar-refractivity contribution >= 4 is 20.9 Å². The van der Waals surface area contributed by atoms with Crippen LogP contribution in [0.15, 0.2) is 0 Å². The summed E-state index contributed by atoms with van der Waals surface area (Å²) in [4.78, 5) is 0. The van der Waals surface area contributed by atoms with Gasteiger partial charge in [0.15, 0.2) is 0 Å². The first-order chi connectivity index (χ1) is 7.49. The van der Waals surface area contributed by atoms with E-state index in [4.69, 9.17) is 0 Å². The van der Waals surface area contributed by atoms with Gasteiger partial charge >= 0.3 is 0 Å². The molecule has 0 saturated heterocycles. The van der Waals surface area contributed by atoms with Crippen molar-refractivity contribution in [2.45, 2.75) is 38.1 Å². The van der Waals surface area contributed by atoms with Crippen LogP contribution in [-0.4, -0.2) is 35.2 Å². The fourth-order valence-electron chi connectivity index (χ4n) is 1.86. The predicted molar refractivity (Wildman–Crippen MR) is 62.1 cm³/mol. The van der Waals surface area contributed by atoms with Gasteiger partial charge in [-0.15, -0.1) is 4.13 Å². The Labute approximate surface area is 97.9 Å². The summed E-state index contributed by atoms with van der Waals surface area (Å²) in [5.74, 6) is -0.202. The maximum atomic E-state index is 11.1. The molecule has 0 aromatic rings. The standard InChI is InChI=1S/C8H18N2O4S2/c11-15(12)10-16(13,14)7-6-9-8-4-2-1-3-5-8/h8-9,15H,1-7H2,(H,10,11,12). The smallest absolute Gasteiger partial charge is 0.225 e. The van der Waals surface area contributed by atoms with Crippen molar-refractivity contribution in [1.82, 2.24) is 9.44 Å². The van der Waals surface area contributed by atoms with Gasteiger partial charge < -0.3 is 5.32 Å². The first-order valence-electron chi connectivity index (χ1n) is 5.37. The number of thiol groups is 1. The lowest BCUT2D eigenvalue weighted by Crippen LogP contribution is -2.37. The van der Waals surface area contributed by atoms with Crippen molar-refractivity contribution in [3.8, 4) is 0 Å². The van der Waals surface area contributed by atoms with Crippen LogP contribution in [0, 0.1) is 0 Å². The van der Waals surface area contributed by atoms with Crippen molar-refractivity contribution in [2.75, 3.05) is 12.3 Å². The molecule has 0 aromatic carbocycles. The topological polar surface area (TPSA) is 92.3 Å². The molecule has 0 aromatic heterocycles. The first kappa shape index (κ1) is 13.9. The highest BCUT2D eigenvalue weighted by Gasteiger charge is 2.15. The van der Waals surface area contributed by atoms with Gasteiger partial charge in [-0.05, 0) is 12.8 Å². The Kier molecular flexibility index (Phi) is 5.67. The van der Waals surface area contributed by atoms with Gasteiger partial charge in [0.05, 0.1) is 5.75 Å². The molecular weight excluding hydrogens is 252 g/mol. The minimum atomic E-state index is -3.69. The van der Waals surface area contributed by atoms with Crippen LogP contribution in [0.3, 0.4) is 0 Å². The van der Waals surface area contributed by atoms with E-state index in [-0.39, 0.29) is 5.75 Å². The Hall–Kier alpha value is -0.180. The number of sulfonamides is 1. The van der Waals surface area contributed by atoms with Crippen LogP contribution >= 0.6 is 0 Å². The summed E-state index contributed by atoms with van der Waals surface area (Å²) in [6.07, 6.45) is 5.74. The lowest BCUT2D eigenvalue weighted by Gasteiger charge is -2.22. The van der Waals surface area contributed by atoms with Gasteiger partial charge in [0.2, 0.25) is 20.9 Å². The van der Waals surface area contributed by atoms with Crippen molar-refractivity contribution in [1.29, 1.82) is 0 Å². The molecule has 0 spiro atoms. The first-order valence-corrected chi connectivity index (χ1v) is 8.20. The summed E-state index contributed by atoms with van der Waals surface area (Å²) in [5, 5.41) is 3.13. The van der Waals surface area contributed by atoms with E-state index < -0.39 is 20.9 Å². The van der Waals surface area contributed by atoms with E-state index >= 15 is 0 Å². The molecule has 1 aliphatic rings. The van der Waals surface area contributed by atoms with Crippen LogP contribution in [0.25, 0.3) is 0 Å².